The van der Waals surface area contributed by atoms with E-state index in [0.717, 1.165) is 38.6 Å². The lowest BCUT2D eigenvalue weighted by molar-refractivity contribution is -0.126. The van der Waals surface area contributed by atoms with Crippen molar-refractivity contribution in [3.63, 3.8) is 0 Å². The first-order valence-electron chi connectivity index (χ1n) is 6.72. The molecule has 0 aliphatic heterocycles. The molecule has 5 nitrogen and oxygen atoms in total. The van der Waals surface area contributed by atoms with Gasteiger partial charge in [-0.3, -0.25) is 9.48 Å². The molecule has 1 aromatic heterocycles. The fourth-order valence-electron chi connectivity index (χ4n) is 2.80. The molecule has 18 heavy (non-hydrogen) atoms. The third-order valence-electron chi connectivity index (χ3n) is 3.81. The minimum absolute atomic E-state index is 0.229. The molecule has 1 aromatic rings. The number of carbonyl (C=O) groups is 1. The van der Waals surface area contributed by atoms with E-state index in [1.807, 2.05) is 16.9 Å². The van der Waals surface area contributed by atoms with Gasteiger partial charge in [0, 0.05) is 12.4 Å². The number of hydrogen-bond acceptors (Lipinski definition) is 3. The van der Waals surface area contributed by atoms with Gasteiger partial charge in [-0.1, -0.05) is 6.92 Å². The van der Waals surface area contributed by atoms with Crippen LogP contribution in [0.4, 0.5) is 0 Å². The Morgan fingerprint density at radius 2 is 2.50 bits per heavy atom. The molecule has 2 rings (SSSR count). The molecule has 1 heterocycles. The summed E-state index contributed by atoms with van der Waals surface area (Å²) < 4.78 is 1.95. The normalized spacial score (nSPS) is 28.2. The Morgan fingerprint density at radius 3 is 3.11 bits per heavy atom. The van der Waals surface area contributed by atoms with Gasteiger partial charge in [-0.05, 0) is 44.7 Å². The first-order chi connectivity index (χ1) is 8.68. The van der Waals surface area contributed by atoms with Crippen LogP contribution in [0.1, 0.15) is 45.1 Å². The molecule has 1 aliphatic rings. The van der Waals surface area contributed by atoms with Crippen LogP contribution in [0.3, 0.4) is 0 Å². The Morgan fingerprint density at radius 1 is 1.67 bits per heavy atom. The third-order valence-corrected chi connectivity index (χ3v) is 3.81. The summed E-state index contributed by atoms with van der Waals surface area (Å²) in [6.45, 7) is 2.92. The summed E-state index contributed by atoms with van der Waals surface area (Å²) in [5.74, 6) is -0.229. The number of rotatable bonds is 5. The van der Waals surface area contributed by atoms with Gasteiger partial charge in [-0.15, -0.1) is 0 Å². The summed E-state index contributed by atoms with van der Waals surface area (Å²) in [4.78, 5) is 11.8. The minimum Gasteiger partial charge on any atom is -0.368 e. The number of carbonyl (C=O) groups excluding carboxylic acids is 1. The Labute approximate surface area is 108 Å². The molecule has 1 fully saturated rings. The van der Waals surface area contributed by atoms with Crippen LogP contribution in [-0.2, 0) is 4.79 Å². The molecular formula is C13H22N4O. The van der Waals surface area contributed by atoms with E-state index in [2.05, 4.69) is 17.3 Å². The van der Waals surface area contributed by atoms with Gasteiger partial charge in [-0.25, -0.2) is 0 Å². The number of amides is 1. The Kier molecular flexibility index (Phi) is 4.01. The smallest absolute Gasteiger partial charge is 0.237 e. The van der Waals surface area contributed by atoms with Gasteiger partial charge in [0.2, 0.25) is 5.91 Å². The van der Waals surface area contributed by atoms with Crippen molar-refractivity contribution in [2.24, 2.45) is 5.73 Å². The van der Waals surface area contributed by atoms with Crippen LogP contribution < -0.4 is 11.1 Å². The van der Waals surface area contributed by atoms with Crippen molar-refractivity contribution in [1.29, 1.82) is 0 Å². The van der Waals surface area contributed by atoms with E-state index in [0.29, 0.717) is 0 Å². The number of nitrogens with two attached hydrogens (primary N) is 1. The second kappa shape index (κ2) is 5.52. The molecule has 0 spiro atoms. The standard InChI is InChI=1S/C13H22N4O/c1-2-7-15-13(12(14)18)6-3-5-11(10-13)17-9-4-8-16-17/h4,8-9,11,15H,2-3,5-7,10H2,1H3,(H2,14,18). The molecule has 1 saturated carbocycles. The van der Waals surface area contributed by atoms with E-state index in [-0.39, 0.29) is 11.9 Å². The lowest BCUT2D eigenvalue weighted by Gasteiger charge is -2.39. The van der Waals surface area contributed by atoms with Crippen LogP contribution in [0.2, 0.25) is 0 Å². The zero-order valence-electron chi connectivity index (χ0n) is 10.9. The molecule has 100 valence electrons. The fourth-order valence-corrected chi connectivity index (χ4v) is 2.80. The predicted octanol–water partition coefficient (Wildman–Crippen LogP) is 1.22. The van der Waals surface area contributed by atoms with Crippen LogP contribution in [0.25, 0.3) is 0 Å². The van der Waals surface area contributed by atoms with Crippen LogP contribution in [0.15, 0.2) is 18.5 Å². The van der Waals surface area contributed by atoms with Gasteiger partial charge in [0.25, 0.3) is 0 Å². The van der Waals surface area contributed by atoms with Crippen molar-refractivity contribution in [3.05, 3.63) is 18.5 Å². The van der Waals surface area contributed by atoms with Gasteiger partial charge in [-0.2, -0.15) is 5.10 Å². The number of nitrogens with one attached hydrogen (secondary N) is 1. The molecule has 1 amide bonds. The molecule has 0 radical (unpaired) electrons. The Bertz CT molecular complexity index is 390. The summed E-state index contributed by atoms with van der Waals surface area (Å²) in [5, 5.41) is 7.64. The summed E-state index contributed by atoms with van der Waals surface area (Å²) >= 11 is 0. The topological polar surface area (TPSA) is 72.9 Å². The highest BCUT2D eigenvalue weighted by Crippen LogP contribution is 2.35. The van der Waals surface area contributed by atoms with Gasteiger partial charge < -0.3 is 11.1 Å². The van der Waals surface area contributed by atoms with Crippen molar-refractivity contribution in [1.82, 2.24) is 15.1 Å². The Hall–Kier alpha value is -1.36. The van der Waals surface area contributed by atoms with E-state index < -0.39 is 5.54 Å². The maximum absolute atomic E-state index is 11.8. The fraction of sp³-hybridized carbons (Fsp3) is 0.692. The first kappa shape index (κ1) is 13.1. The van der Waals surface area contributed by atoms with Crippen LogP contribution in [0.5, 0.6) is 0 Å². The second-order valence-electron chi connectivity index (χ2n) is 5.11. The van der Waals surface area contributed by atoms with Gasteiger partial charge >= 0.3 is 0 Å². The summed E-state index contributed by atoms with van der Waals surface area (Å²) in [5.41, 5.74) is 5.08. The van der Waals surface area contributed by atoms with Crippen LogP contribution >= 0.6 is 0 Å². The van der Waals surface area contributed by atoms with E-state index >= 15 is 0 Å². The molecule has 3 N–H and O–H groups in total. The minimum atomic E-state index is -0.551. The quantitative estimate of drug-likeness (QED) is 0.825. The second-order valence-corrected chi connectivity index (χ2v) is 5.11. The summed E-state index contributed by atoms with van der Waals surface area (Å²) in [7, 11) is 0. The Balaban J connectivity index is 2.13. The van der Waals surface area contributed by atoms with E-state index in [9.17, 15) is 4.79 Å². The number of primary amides is 1. The molecule has 5 heteroatoms. The van der Waals surface area contributed by atoms with E-state index in [4.69, 9.17) is 5.73 Å². The third kappa shape index (κ3) is 2.56. The highest BCUT2D eigenvalue weighted by Gasteiger charge is 2.41. The lowest BCUT2D eigenvalue weighted by atomic mass is 9.78. The number of aromatic nitrogens is 2. The highest BCUT2D eigenvalue weighted by atomic mass is 16.1. The van der Waals surface area contributed by atoms with E-state index in [1.165, 1.54) is 0 Å². The zero-order valence-corrected chi connectivity index (χ0v) is 10.9. The van der Waals surface area contributed by atoms with Gasteiger partial charge in [0.15, 0.2) is 0 Å². The van der Waals surface area contributed by atoms with Gasteiger partial charge in [0.05, 0.1) is 11.6 Å². The largest absolute Gasteiger partial charge is 0.368 e. The van der Waals surface area contributed by atoms with Gasteiger partial charge in [0.1, 0.15) is 0 Å². The number of hydrogen-bond donors (Lipinski definition) is 2. The van der Waals surface area contributed by atoms with E-state index in [1.54, 1.807) is 6.20 Å². The summed E-state index contributed by atoms with van der Waals surface area (Å²) in [6, 6.07) is 2.19. The maximum Gasteiger partial charge on any atom is 0.237 e. The first-order valence-corrected chi connectivity index (χ1v) is 6.72. The molecular weight excluding hydrogens is 228 g/mol. The molecule has 0 bridgehead atoms. The molecule has 2 unspecified atom stereocenters. The zero-order chi connectivity index (χ0) is 13.0. The van der Waals surface area contributed by atoms with Crippen molar-refractivity contribution in [3.8, 4) is 0 Å². The van der Waals surface area contributed by atoms with Crippen molar-refractivity contribution < 1.29 is 4.79 Å². The molecule has 2 atom stereocenters. The highest BCUT2D eigenvalue weighted by molar-refractivity contribution is 5.84. The molecule has 1 aliphatic carbocycles. The molecule has 0 saturated heterocycles. The summed E-state index contributed by atoms with van der Waals surface area (Å²) in [6.07, 6.45) is 8.38. The predicted molar refractivity (Wildman–Crippen MR) is 70.0 cm³/mol. The molecule has 0 aromatic carbocycles. The van der Waals surface area contributed by atoms with Crippen molar-refractivity contribution >= 4 is 5.91 Å². The lowest BCUT2D eigenvalue weighted by Crippen LogP contribution is -2.58. The maximum atomic E-state index is 11.8. The number of nitrogens with zero attached hydrogens (tertiary/aromatic N) is 2. The average molecular weight is 250 g/mol. The average Bonchev–Trinajstić information content (AvgIpc) is 2.90. The van der Waals surface area contributed by atoms with Crippen LogP contribution in [0, 0.1) is 0 Å². The van der Waals surface area contributed by atoms with Crippen LogP contribution in [-0.4, -0.2) is 27.8 Å². The van der Waals surface area contributed by atoms with Crippen molar-refractivity contribution in [2.45, 2.75) is 50.6 Å². The van der Waals surface area contributed by atoms with Crippen molar-refractivity contribution in [2.75, 3.05) is 6.54 Å². The SMILES string of the molecule is CCCNC1(C(N)=O)CCCC(n2cccn2)C1. The monoisotopic (exact) mass is 250 g/mol.